The van der Waals surface area contributed by atoms with Gasteiger partial charge in [0.2, 0.25) is 11.8 Å². The lowest BCUT2D eigenvalue weighted by Crippen LogP contribution is -2.34. The number of likely N-dealkylation sites (N-methyl/N-ethyl adjacent to an activating group) is 1. The maximum absolute atomic E-state index is 12.4. The minimum absolute atomic E-state index is 0.0240. The van der Waals surface area contributed by atoms with Gasteiger partial charge in [-0.05, 0) is 42.7 Å². The lowest BCUT2D eigenvalue weighted by atomic mass is 10.1. The largest absolute Gasteiger partial charge is 0.333 e. The second-order valence-electron chi connectivity index (χ2n) is 7.35. The highest BCUT2D eigenvalue weighted by Gasteiger charge is 2.12. The average Bonchev–Trinajstić information content (AvgIpc) is 3.16. The fourth-order valence-corrected chi connectivity index (χ4v) is 2.97. The van der Waals surface area contributed by atoms with E-state index in [2.05, 4.69) is 10.4 Å². The molecule has 0 spiro atoms. The molecule has 1 aromatic heterocycles. The van der Waals surface area contributed by atoms with Crippen LogP contribution in [0.4, 0.5) is 5.69 Å². The Morgan fingerprint density at radius 3 is 2.67 bits per heavy atom. The van der Waals surface area contributed by atoms with Crippen LogP contribution >= 0.6 is 0 Å². The number of nitrogens with zero attached hydrogens (tertiary/aromatic N) is 3. The van der Waals surface area contributed by atoms with E-state index in [-0.39, 0.29) is 18.4 Å². The summed E-state index contributed by atoms with van der Waals surface area (Å²) in [6.45, 7) is 4.55. The number of aromatic nitrogens is 2. The molecule has 0 aliphatic rings. The Hall–Kier alpha value is -3.67. The molecule has 3 aromatic rings. The number of hydrogen-bond donors (Lipinski definition) is 1. The van der Waals surface area contributed by atoms with Crippen molar-refractivity contribution in [3.05, 3.63) is 89.3 Å². The Morgan fingerprint density at radius 2 is 1.90 bits per heavy atom. The topological polar surface area (TPSA) is 67.2 Å². The fraction of sp³-hybridized carbons (Fsp3) is 0.208. The van der Waals surface area contributed by atoms with Crippen molar-refractivity contribution in [3.8, 4) is 0 Å². The van der Waals surface area contributed by atoms with Crippen LogP contribution in [0.1, 0.15) is 22.3 Å². The Morgan fingerprint density at radius 1 is 1.13 bits per heavy atom. The first-order valence-electron chi connectivity index (χ1n) is 9.77. The van der Waals surface area contributed by atoms with Gasteiger partial charge in [0, 0.05) is 30.6 Å². The van der Waals surface area contributed by atoms with Gasteiger partial charge in [0.05, 0.1) is 19.3 Å². The molecule has 0 aliphatic carbocycles. The second kappa shape index (κ2) is 9.69. The quantitative estimate of drug-likeness (QED) is 0.614. The number of anilines is 1. The monoisotopic (exact) mass is 402 g/mol. The van der Waals surface area contributed by atoms with Gasteiger partial charge in [-0.3, -0.25) is 14.3 Å². The summed E-state index contributed by atoms with van der Waals surface area (Å²) >= 11 is 0. The van der Waals surface area contributed by atoms with E-state index in [0.29, 0.717) is 6.54 Å². The third kappa shape index (κ3) is 5.91. The zero-order valence-corrected chi connectivity index (χ0v) is 17.5. The highest BCUT2D eigenvalue weighted by atomic mass is 16.2. The van der Waals surface area contributed by atoms with Gasteiger partial charge in [0.1, 0.15) is 0 Å². The van der Waals surface area contributed by atoms with Crippen molar-refractivity contribution in [1.82, 2.24) is 14.7 Å². The van der Waals surface area contributed by atoms with Crippen molar-refractivity contribution in [1.29, 1.82) is 0 Å². The van der Waals surface area contributed by atoms with E-state index in [1.165, 1.54) is 11.0 Å². The standard InChI is InChI=1S/C24H26N4O2/c1-18-9-10-19(2)22(13-18)26-23(29)17-27(3)24(30)12-11-21-14-25-28(16-21)15-20-7-5-4-6-8-20/h4-14,16H,15,17H2,1-3H3,(H,26,29)/b12-11+. The summed E-state index contributed by atoms with van der Waals surface area (Å²) in [5.41, 5.74) is 4.79. The third-order valence-corrected chi connectivity index (χ3v) is 4.68. The molecule has 2 aromatic carbocycles. The van der Waals surface area contributed by atoms with Crippen LogP contribution in [0, 0.1) is 13.8 Å². The molecule has 2 amide bonds. The average molecular weight is 402 g/mol. The number of carbonyl (C=O) groups excluding carboxylic acids is 2. The van der Waals surface area contributed by atoms with E-state index in [1.807, 2.05) is 73.3 Å². The number of rotatable bonds is 7. The number of hydrogen-bond acceptors (Lipinski definition) is 3. The molecular formula is C24H26N4O2. The predicted octanol–water partition coefficient (Wildman–Crippen LogP) is 3.66. The minimum Gasteiger partial charge on any atom is -0.333 e. The molecule has 0 unspecified atom stereocenters. The summed E-state index contributed by atoms with van der Waals surface area (Å²) in [4.78, 5) is 26.0. The van der Waals surface area contributed by atoms with Crippen LogP contribution in [0.5, 0.6) is 0 Å². The maximum Gasteiger partial charge on any atom is 0.246 e. The van der Waals surface area contributed by atoms with E-state index in [4.69, 9.17) is 0 Å². The van der Waals surface area contributed by atoms with Gasteiger partial charge in [-0.2, -0.15) is 5.10 Å². The smallest absolute Gasteiger partial charge is 0.246 e. The van der Waals surface area contributed by atoms with Crippen LogP contribution in [0.15, 0.2) is 67.0 Å². The van der Waals surface area contributed by atoms with Crippen LogP contribution in [-0.2, 0) is 16.1 Å². The number of amides is 2. The molecule has 154 valence electrons. The van der Waals surface area contributed by atoms with Gasteiger partial charge in [0.15, 0.2) is 0 Å². The molecular weight excluding hydrogens is 376 g/mol. The van der Waals surface area contributed by atoms with Crippen LogP contribution in [0.25, 0.3) is 6.08 Å². The van der Waals surface area contributed by atoms with E-state index < -0.39 is 0 Å². The first kappa shape index (κ1) is 21.0. The van der Waals surface area contributed by atoms with E-state index in [1.54, 1.807) is 19.3 Å². The molecule has 0 bridgehead atoms. The molecule has 0 radical (unpaired) electrons. The molecule has 0 aliphatic heterocycles. The molecule has 0 atom stereocenters. The summed E-state index contributed by atoms with van der Waals surface area (Å²) in [6.07, 6.45) is 6.74. The normalized spacial score (nSPS) is 10.9. The highest BCUT2D eigenvalue weighted by molar-refractivity contribution is 5.98. The SMILES string of the molecule is Cc1ccc(C)c(NC(=O)CN(C)C(=O)/C=C/c2cnn(Cc3ccccc3)c2)c1. The van der Waals surface area contributed by atoms with Gasteiger partial charge in [0.25, 0.3) is 0 Å². The number of benzene rings is 2. The maximum atomic E-state index is 12.4. The number of aryl methyl sites for hydroxylation is 2. The Balaban J connectivity index is 1.53. The summed E-state index contributed by atoms with van der Waals surface area (Å²) < 4.78 is 1.82. The molecule has 3 rings (SSSR count). The molecule has 30 heavy (non-hydrogen) atoms. The van der Waals surface area contributed by atoms with Crippen LogP contribution in [0.2, 0.25) is 0 Å². The van der Waals surface area contributed by atoms with Crippen molar-refractivity contribution >= 4 is 23.6 Å². The van der Waals surface area contributed by atoms with E-state index in [9.17, 15) is 9.59 Å². The third-order valence-electron chi connectivity index (χ3n) is 4.68. The molecule has 6 heteroatoms. The predicted molar refractivity (Wildman–Crippen MR) is 119 cm³/mol. The second-order valence-corrected chi connectivity index (χ2v) is 7.35. The Kier molecular flexibility index (Phi) is 6.80. The van der Waals surface area contributed by atoms with Crippen LogP contribution < -0.4 is 5.32 Å². The molecule has 0 fully saturated rings. The summed E-state index contributed by atoms with van der Waals surface area (Å²) in [7, 11) is 1.61. The Labute approximate surface area is 176 Å². The lowest BCUT2D eigenvalue weighted by molar-refractivity contribution is -0.129. The van der Waals surface area contributed by atoms with E-state index >= 15 is 0 Å². The van der Waals surface area contributed by atoms with Gasteiger partial charge in [-0.15, -0.1) is 0 Å². The number of carbonyl (C=O) groups is 2. The lowest BCUT2D eigenvalue weighted by Gasteiger charge is -2.16. The van der Waals surface area contributed by atoms with E-state index in [0.717, 1.165) is 27.9 Å². The molecule has 1 heterocycles. The van der Waals surface area contributed by atoms with Crippen LogP contribution in [0.3, 0.4) is 0 Å². The van der Waals surface area contributed by atoms with Gasteiger partial charge in [-0.25, -0.2) is 0 Å². The van der Waals surface area contributed by atoms with Gasteiger partial charge in [-0.1, -0.05) is 42.5 Å². The van der Waals surface area contributed by atoms with Crippen molar-refractivity contribution in [2.45, 2.75) is 20.4 Å². The van der Waals surface area contributed by atoms with Crippen molar-refractivity contribution in [2.75, 3.05) is 18.9 Å². The zero-order valence-electron chi connectivity index (χ0n) is 17.5. The zero-order chi connectivity index (χ0) is 21.5. The highest BCUT2D eigenvalue weighted by Crippen LogP contribution is 2.16. The fourth-order valence-electron chi connectivity index (χ4n) is 2.97. The first-order valence-corrected chi connectivity index (χ1v) is 9.77. The summed E-state index contributed by atoms with van der Waals surface area (Å²) in [5, 5.41) is 7.19. The minimum atomic E-state index is -0.248. The van der Waals surface area contributed by atoms with Crippen molar-refractivity contribution < 1.29 is 9.59 Å². The van der Waals surface area contributed by atoms with Crippen molar-refractivity contribution in [3.63, 3.8) is 0 Å². The van der Waals surface area contributed by atoms with Gasteiger partial charge < -0.3 is 10.2 Å². The molecule has 0 saturated carbocycles. The van der Waals surface area contributed by atoms with Crippen molar-refractivity contribution in [2.24, 2.45) is 0 Å². The van der Waals surface area contributed by atoms with Crippen LogP contribution in [-0.4, -0.2) is 40.1 Å². The number of nitrogens with one attached hydrogen (secondary N) is 1. The first-order chi connectivity index (χ1) is 14.4. The Bertz CT molecular complexity index is 1050. The molecule has 1 N–H and O–H groups in total. The van der Waals surface area contributed by atoms with Gasteiger partial charge >= 0.3 is 0 Å². The molecule has 6 nitrogen and oxygen atoms in total. The molecule has 0 saturated heterocycles. The summed E-state index contributed by atoms with van der Waals surface area (Å²) in [6, 6.07) is 15.9. The summed E-state index contributed by atoms with van der Waals surface area (Å²) in [5.74, 6) is -0.481.